The summed E-state index contributed by atoms with van der Waals surface area (Å²) in [6.07, 6.45) is 2.33. The molecule has 0 aliphatic carbocycles. The molecule has 0 saturated heterocycles. The summed E-state index contributed by atoms with van der Waals surface area (Å²) in [5.74, 6) is -1.50. The normalized spacial score (nSPS) is 10.7. The van der Waals surface area contributed by atoms with Crippen LogP contribution in [-0.2, 0) is 22.3 Å². The van der Waals surface area contributed by atoms with E-state index in [1.807, 2.05) is 24.3 Å². The summed E-state index contributed by atoms with van der Waals surface area (Å²) in [7, 11) is 0. The Labute approximate surface area is 200 Å². The summed E-state index contributed by atoms with van der Waals surface area (Å²) in [5.41, 5.74) is 3.99. The fourth-order valence-electron chi connectivity index (χ4n) is 3.57. The van der Waals surface area contributed by atoms with E-state index < -0.39 is 17.9 Å². The van der Waals surface area contributed by atoms with Gasteiger partial charge in [0.1, 0.15) is 0 Å². The Morgan fingerprint density at radius 2 is 1.35 bits per heavy atom. The molecule has 0 spiro atoms. The molecule has 0 unspecified atom stereocenters. The third-order valence-electron chi connectivity index (χ3n) is 5.57. The minimum Gasteiger partial charge on any atom is -0.462 e. The highest BCUT2D eigenvalue weighted by atomic mass is 16.6. The minimum atomic E-state index is -0.730. The van der Waals surface area contributed by atoms with E-state index in [-0.39, 0.29) is 12.2 Å². The number of carbonyl (C=O) groups is 3. The number of esters is 3. The van der Waals surface area contributed by atoms with E-state index in [1.54, 1.807) is 48.5 Å². The van der Waals surface area contributed by atoms with Crippen LogP contribution < -0.4 is 0 Å². The summed E-state index contributed by atoms with van der Waals surface area (Å²) in [4.78, 5) is 37.4. The van der Waals surface area contributed by atoms with Gasteiger partial charge in [-0.3, -0.25) is 0 Å². The first kappa shape index (κ1) is 24.9. The van der Waals surface area contributed by atoms with Crippen molar-refractivity contribution in [1.29, 1.82) is 0 Å². The van der Waals surface area contributed by atoms with E-state index in [4.69, 9.17) is 9.47 Å². The lowest BCUT2D eigenvalue weighted by atomic mass is 10.0. The van der Waals surface area contributed by atoms with E-state index in [1.165, 1.54) is 5.56 Å². The molecule has 3 aromatic carbocycles. The standard InChI is InChI=1S/C29H30O5/c1-4-7-21-10-12-24(13-11-21)27(30)33-19-18-23-8-5-6-9-26(23)29(32)34-28(31)25-16-14-22(15-17-25)20(2)3/h5-6,8-17,20H,4,7,18-19H2,1-3H3. The van der Waals surface area contributed by atoms with E-state index in [0.717, 1.165) is 18.4 Å². The van der Waals surface area contributed by atoms with Crippen molar-refractivity contribution >= 4 is 17.9 Å². The van der Waals surface area contributed by atoms with E-state index in [9.17, 15) is 14.4 Å². The van der Waals surface area contributed by atoms with Gasteiger partial charge in [-0.1, -0.05) is 69.7 Å². The Hall–Kier alpha value is -3.73. The molecule has 5 heteroatoms. The predicted molar refractivity (Wildman–Crippen MR) is 131 cm³/mol. The number of hydrogen-bond donors (Lipinski definition) is 0. The minimum absolute atomic E-state index is 0.102. The third kappa shape index (κ3) is 6.64. The van der Waals surface area contributed by atoms with Crippen LogP contribution in [0.4, 0.5) is 0 Å². The van der Waals surface area contributed by atoms with Crippen molar-refractivity contribution in [3.8, 4) is 0 Å². The summed E-state index contributed by atoms with van der Waals surface area (Å²) in [6, 6.07) is 21.2. The SMILES string of the molecule is CCCc1ccc(C(=O)OCCc2ccccc2C(=O)OC(=O)c2ccc(C(C)C)cc2)cc1. The molecule has 0 saturated carbocycles. The first-order valence-corrected chi connectivity index (χ1v) is 11.6. The highest BCUT2D eigenvalue weighted by Crippen LogP contribution is 2.17. The van der Waals surface area contributed by atoms with Gasteiger partial charge < -0.3 is 9.47 Å². The number of carbonyl (C=O) groups excluding carboxylic acids is 3. The van der Waals surface area contributed by atoms with Crippen LogP contribution in [0.3, 0.4) is 0 Å². The molecule has 0 aromatic heterocycles. The van der Waals surface area contributed by atoms with Crippen molar-refractivity contribution in [3.05, 3.63) is 106 Å². The third-order valence-corrected chi connectivity index (χ3v) is 5.57. The van der Waals surface area contributed by atoms with Crippen molar-refractivity contribution in [2.75, 3.05) is 6.61 Å². The molecule has 0 aliphatic heterocycles. The number of hydrogen-bond acceptors (Lipinski definition) is 5. The quantitative estimate of drug-likeness (QED) is 0.284. The van der Waals surface area contributed by atoms with E-state index >= 15 is 0 Å². The average molecular weight is 459 g/mol. The number of rotatable bonds is 9. The summed E-state index contributed by atoms with van der Waals surface area (Å²) < 4.78 is 10.5. The summed E-state index contributed by atoms with van der Waals surface area (Å²) in [5, 5.41) is 0. The zero-order chi connectivity index (χ0) is 24.5. The molecular formula is C29H30O5. The molecule has 34 heavy (non-hydrogen) atoms. The van der Waals surface area contributed by atoms with Gasteiger partial charge in [0.2, 0.25) is 0 Å². The van der Waals surface area contributed by atoms with Crippen LogP contribution >= 0.6 is 0 Å². The molecule has 0 bridgehead atoms. The maximum absolute atomic E-state index is 12.7. The van der Waals surface area contributed by atoms with Crippen LogP contribution in [0, 0.1) is 0 Å². The Balaban J connectivity index is 1.58. The molecule has 0 atom stereocenters. The van der Waals surface area contributed by atoms with E-state index in [0.29, 0.717) is 29.0 Å². The first-order chi connectivity index (χ1) is 16.4. The number of benzene rings is 3. The van der Waals surface area contributed by atoms with Gasteiger partial charge in [0.05, 0.1) is 23.3 Å². The van der Waals surface area contributed by atoms with Crippen molar-refractivity contribution in [3.63, 3.8) is 0 Å². The molecule has 0 fully saturated rings. The smallest absolute Gasteiger partial charge is 0.346 e. The Kier molecular flexibility index (Phi) is 8.74. The monoisotopic (exact) mass is 458 g/mol. The van der Waals surface area contributed by atoms with Crippen molar-refractivity contribution < 1.29 is 23.9 Å². The molecule has 5 nitrogen and oxygen atoms in total. The highest BCUT2D eigenvalue weighted by molar-refractivity contribution is 6.03. The van der Waals surface area contributed by atoms with Crippen LogP contribution in [0.5, 0.6) is 0 Å². The molecule has 0 aliphatic rings. The molecule has 3 rings (SSSR count). The van der Waals surface area contributed by atoms with Crippen LogP contribution in [-0.4, -0.2) is 24.5 Å². The second-order valence-electron chi connectivity index (χ2n) is 8.44. The van der Waals surface area contributed by atoms with Gasteiger partial charge in [0.15, 0.2) is 0 Å². The second-order valence-corrected chi connectivity index (χ2v) is 8.44. The highest BCUT2D eigenvalue weighted by Gasteiger charge is 2.18. The van der Waals surface area contributed by atoms with Gasteiger partial charge in [0.25, 0.3) is 0 Å². The zero-order valence-electron chi connectivity index (χ0n) is 19.9. The number of aryl methyl sites for hydroxylation is 1. The fraction of sp³-hybridized carbons (Fsp3) is 0.276. The Morgan fingerprint density at radius 1 is 0.735 bits per heavy atom. The van der Waals surface area contributed by atoms with Gasteiger partial charge in [-0.2, -0.15) is 0 Å². The average Bonchev–Trinajstić information content (AvgIpc) is 2.85. The van der Waals surface area contributed by atoms with E-state index in [2.05, 4.69) is 20.8 Å². The largest absolute Gasteiger partial charge is 0.462 e. The molecule has 0 N–H and O–H groups in total. The lowest BCUT2D eigenvalue weighted by molar-refractivity contribution is 0.0397. The first-order valence-electron chi connectivity index (χ1n) is 11.6. The molecule has 3 aromatic rings. The fourth-order valence-corrected chi connectivity index (χ4v) is 3.57. The molecular weight excluding hydrogens is 428 g/mol. The Morgan fingerprint density at radius 3 is 2.00 bits per heavy atom. The van der Waals surface area contributed by atoms with Gasteiger partial charge in [0, 0.05) is 6.42 Å². The van der Waals surface area contributed by atoms with Gasteiger partial charge >= 0.3 is 17.9 Å². The molecule has 0 amide bonds. The van der Waals surface area contributed by atoms with Crippen LogP contribution in [0.2, 0.25) is 0 Å². The summed E-state index contributed by atoms with van der Waals surface area (Å²) >= 11 is 0. The van der Waals surface area contributed by atoms with Gasteiger partial charge in [-0.05, 0) is 59.4 Å². The maximum Gasteiger partial charge on any atom is 0.346 e. The van der Waals surface area contributed by atoms with Crippen LogP contribution in [0.1, 0.15) is 80.9 Å². The predicted octanol–water partition coefficient (Wildman–Crippen LogP) is 6.16. The second kappa shape index (κ2) is 11.9. The lowest BCUT2D eigenvalue weighted by Gasteiger charge is -2.10. The van der Waals surface area contributed by atoms with Crippen molar-refractivity contribution in [2.24, 2.45) is 0 Å². The molecule has 176 valence electrons. The zero-order valence-corrected chi connectivity index (χ0v) is 19.9. The topological polar surface area (TPSA) is 69.7 Å². The molecule has 0 heterocycles. The van der Waals surface area contributed by atoms with Gasteiger partial charge in [-0.25, -0.2) is 14.4 Å². The van der Waals surface area contributed by atoms with Gasteiger partial charge in [-0.15, -0.1) is 0 Å². The maximum atomic E-state index is 12.7. The van der Waals surface area contributed by atoms with Crippen LogP contribution in [0.15, 0.2) is 72.8 Å². The number of ether oxygens (including phenoxy) is 2. The summed E-state index contributed by atoms with van der Waals surface area (Å²) in [6.45, 7) is 6.34. The lowest BCUT2D eigenvalue weighted by Crippen LogP contribution is -2.16. The Bertz CT molecular complexity index is 1130. The van der Waals surface area contributed by atoms with Crippen molar-refractivity contribution in [2.45, 2.75) is 46.0 Å². The van der Waals surface area contributed by atoms with Crippen LogP contribution in [0.25, 0.3) is 0 Å². The molecule has 0 radical (unpaired) electrons. The van der Waals surface area contributed by atoms with Crippen molar-refractivity contribution in [1.82, 2.24) is 0 Å².